The van der Waals surface area contributed by atoms with E-state index in [1.54, 1.807) is 6.20 Å². The molecule has 1 aliphatic rings. The summed E-state index contributed by atoms with van der Waals surface area (Å²) in [5.41, 5.74) is 1.75. The summed E-state index contributed by atoms with van der Waals surface area (Å²) in [6.45, 7) is 5.52. The number of carbonyl (C=O) groups excluding carboxylic acids is 1. The number of aromatic nitrogens is 1. The molecule has 1 aromatic heterocycles. The molecule has 5 nitrogen and oxygen atoms in total. The SMILES string of the molecule is CCOc1ccccc1N1CCN(C(=O)c2cccnc2Sc2ccccc2)CC1. The Bertz CT molecular complexity index is 989. The maximum absolute atomic E-state index is 13.3. The Morgan fingerprint density at radius 1 is 0.967 bits per heavy atom. The van der Waals surface area contributed by atoms with Crippen LogP contribution in [0.25, 0.3) is 0 Å². The lowest BCUT2D eigenvalue weighted by Gasteiger charge is -2.36. The number of nitrogens with zero attached hydrogens (tertiary/aromatic N) is 3. The Labute approximate surface area is 181 Å². The normalized spacial score (nSPS) is 13.9. The Kier molecular flexibility index (Phi) is 6.54. The molecular weight excluding hydrogens is 394 g/mol. The number of anilines is 1. The molecule has 0 aliphatic carbocycles. The van der Waals surface area contributed by atoms with Gasteiger partial charge in [0.15, 0.2) is 0 Å². The lowest BCUT2D eigenvalue weighted by atomic mass is 10.2. The molecular formula is C24H25N3O2S. The molecule has 1 amide bonds. The molecule has 1 saturated heterocycles. The fourth-order valence-corrected chi connectivity index (χ4v) is 4.45. The van der Waals surface area contributed by atoms with Gasteiger partial charge in [-0.15, -0.1) is 0 Å². The molecule has 30 heavy (non-hydrogen) atoms. The Morgan fingerprint density at radius 2 is 1.70 bits per heavy atom. The van der Waals surface area contributed by atoms with Crippen molar-refractivity contribution in [2.24, 2.45) is 0 Å². The molecule has 1 aliphatic heterocycles. The molecule has 0 spiro atoms. The van der Waals surface area contributed by atoms with Crippen molar-refractivity contribution in [3.05, 3.63) is 78.5 Å². The van der Waals surface area contributed by atoms with Crippen LogP contribution in [0.1, 0.15) is 17.3 Å². The highest BCUT2D eigenvalue weighted by atomic mass is 32.2. The number of amides is 1. The smallest absolute Gasteiger partial charge is 0.256 e. The van der Waals surface area contributed by atoms with Crippen LogP contribution >= 0.6 is 11.8 Å². The van der Waals surface area contributed by atoms with E-state index in [9.17, 15) is 4.79 Å². The van der Waals surface area contributed by atoms with Crippen molar-refractivity contribution < 1.29 is 9.53 Å². The molecule has 4 rings (SSSR count). The first-order chi connectivity index (χ1) is 14.8. The Morgan fingerprint density at radius 3 is 2.47 bits per heavy atom. The van der Waals surface area contributed by atoms with Crippen LogP contribution in [0.5, 0.6) is 5.75 Å². The Balaban J connectivity index is 1.45. The van der Waals surface area contributed by atoms with E-state index in [2.05, 4.69) is 16.0 Å². The third-order valence-corrected chi connectivity index (χ3v) is 6.06. The number of rotatable bonds is 6. The van der Waals surface area contributed by atoms with Crippen molar-refractivity contribution in [2.45, 2.75) is 16.8 Å². The summed E-state index contributed by atoms with van der Waals surface area (Å²) in [4.78, 5) is 23.0. The minimum Gasteiger partial charge on any atom is -0.492 e. The van der Waals surface area contributed by atoms with E-state index < -0.39 is 0 Å². The van der Waals surface area contributed by atoms with Gasteiger partial charge in [0.2, 0.25) is 0 Å². The van der Waals surface area contributed by atoms with Gasteiger partial charge in [-0.1, -0.05) is 42.1 Å². The van der Waals surface area contributed by atoms with Gasteiger partial charge in [0.1, 0.15) is 10.8 Å². The van der Waals surface area contributed by atoms with Gasteiger partial charge in [0.05, 0.1) is 17.9 Å². The number of para-hydroxylation sites is 2. The van der Waals surface area contributed by atoms with Gasteiger partial charge in [0, 0.05) is 37.3 Å². The van der Waals surface area contributed by atoms with Gasteiger partial charge in [-0.2, -0.15) is 0 Å². The van der Waals surface area contributed by atoms with Crippen LogP contribution in [-0.2, 0) is 0 Å². The van der Waals surface area contributed by atoms with Crippen molar-refractivity contribution in [3.8, 4) is 5.75 Å². The quantitative estimate of drug-likeness (QED) is 0.585. The highest BCUT2D eigenvalue weighted by Gasteiger charge is 2.25. The van der Waals surface area contributed by atoms with E-state index in [-0.39, 0.29) is 5.91 Å². The summed E-state index contributed by atoms with van der Waals surface area (Å²) < 4.78 is 5.77. The summed E-state index contributed by atoms with van der Waals surface area (Å²) in [7, 11) is 0. The topological polar surface area (TPSA) is 45.7 Å². The zero-order valence-corrected chi connectivity index (χ0v) is 17.8. The van der Waals surface area contributed by atoms with Gasteiger partial charge >= 0.3 is 0 Å². The van der Waals surface area contributed by atoms with Crippen molar-refractivity contribution in [1.29, 1.82) is 0 Å². The van der Waals surface area contributed by atoms with Crippen molar-refractivity contribution >= 4 is 23.4 Å². The lowest BCUT2D eigenvalue weighted by Crippen LogP contribution is -2.49. The number of benzene rings is 2. The third kappa shape index (κ3) is 4.60. The molecule has 6 heteroatoms. The molecule has 3 aromatic rings. The Hall–Kier alpha value is -2.99. The maximum Gasteiger partial charge on any atom is 0.256 e. The van der Waals surface area contributed by atoms with Crippen molar-refractivity contribution in [3.63, 3.8) is 0 Å². The first kappa shape index (κ1) is 20.3. The van der Waals surface area contributed by atoms with Gasteiger partial charge in [-0.05, 0) is 43.3 Å². The third-order valence-electron chi connectivity index (χ3n) is 5.03. The average Bonchev–Trinajstić information content (AvgIpc) is 2.80. The van der Waals surface area contributed by atoms with E-state index in [1.807, 2.05) is 72.5 Å². The second-order valence-corrected chi connectivity index (χ2v) is 8.01. The number of hydrogen-bond acceptors (Lipinski definition) is 5. The zero-order chi connectivity index (χ0) is 20.8. The number of pyridine rings is 1. The predicted octanol–water partition coefficient (Wildman–Crippen LogP) is 4.59. The van der Waals surface area contributed by atoms with E-state index in [1.165, 1.54) is 11.8 Å². The van der Waals surface area contributed by atoms with Gasteiger partial charge in [0.25, 0.3) is 5.91 Å². The van der Waals surface area contributed by atoms with Crippen LogP contribution in [0.2, 0.25) is 0 Å². The molecule has 0 saturated carbocycles. The predicted molar refractivity (Wildman–Crippen MR) is 121 cm³/mol. The molecule has 2 aromatic carbocycles. The summed E-state index contributed by atoms with van der Waals surface area (Å²) in [5.74, 6) is 0.938. The lowest BCUT2D eigenvalue weighted by molar-refractivity contribution is 0.0742. The van der Waals surface area contributed by atoms with Crippen molar-refractivity contribution in [2.75, 3.05) is 37.7 Å². The highest BCUT2D eigenvalue weighted by Crippen LogP contribution is 2.31. The summed E-state index contributed by atoms with van der Waals surface area (Å²) in [5, 5.41) is 0.748. The molecule has 0 unspecified atom stereocenters. The largest absolute Gasteiger partial charge is 0.492 e. The van der Waals surface area contributed by atoms with E-state index >= 15 is 0 Å². The molecule has 0 bridgehead atoms. The van der Waals surface area contributed by atoms with Crippen LogP contribution < -0.4 is 9.64 Å². The molecule has 0 N–H and O–H groups in total. The zero-order valence-electron chi connectivity index (χ0n) is 17.0. The number of hydrogen-bond donors (Lipinski definition) is 0. The van der Waals surface area contributed by atoms with Crippen LogP contribution in [0.3, 0.4) is 0 Å². The minimum absolute atomic E-state index is 0.0410. The minimum atomic E-state index is 0.0410. The van der Waals surface area contributed by atoms with Gasteiger partial charge in [-0.3, -0.25) is 4.79 Å². The first-order valence-corrected chi connectivity index (χ1v) is 11.0. The highest BCUT2D eigenvalue weighted by molar-refractivity contribution is 7.99. The van der Waals surface area contributed by atoms with E-state index in [0.29, 0.717) is 25.3 Å². The molecule has 154 valence electrons. The maximum atomic E-state index is 13.3. The summed E-state index contributed by atoms with van der Waals surface area (Å²) in [6.07, 6.45) is 1.74. The molecule has 1 fully saturated rings. The van der Waals surface area contributed by atoms with E-state index in [0.717, 1.165) is 34.4 Å². The second kappa shape index (κ2) is 9.67. The monoisotopic (exact) mass is 419 g/mol. The molecule has 2 heterocycles. The van der Waals surface area contributed by atoms with Crippen molar-refractivity contribution in [1.82, 2.24) is 9.88 Å². The summed E-state index contributed by atoms with van der Waals surface area (Å²) >= 11 is 1.53. The van der Waals surface area contributed by atoms with Crippen LogP contribution in [0.15, 0.2) is 82.8 Å². The van der Waals surface area contributed by atoms with Gasteiger partial charge in [-0.25, -0.2) is 4.98 Å². The van der Waals surface area contributed by atoms with E-state index in [4.69, 9.17) is 4.74 Å². The average molecular weight is 420 g/mol. The number of piperazine rings is 1. The van der Waals surface area contributed by atoms with Crippen LogP contribution in [0, 0.1) is 0 Å². The first-order valence-electron chi connectivity index (χ1n) is 10.2. The summed E-state index contributed by atoms with van der Waals surface area (Å²) in [6, 6.07) is 21.8. The van der Waals surface area contributed by atoms with Gasteiger partial charge < -0.3 is 14.5 Å². The van der Waals surface area contributed by atoms with Crippen LogP contribution in [0.4, 0.5) is 5.69 Å². The second-order valence-electron chi connectivity index (χ2n) is 6.95. The fourth-order valence-electron chi connectivity index (χ4n) is 3.55. The fraction of sp³-hybridized carbons (Fsp3) is 0.250. The molecule has 0 radical (unpaired) electrons. The molecule has 0 atom stereocenters. The standard InChI is InChI=1S/C24H25N3O2S/c1-2-29-22-13-7-6-12-21(22)26-15-17-27(18-16-26)24(28)20-11-8-14-25-23(20)30-19-9-4-3-5-10-19/h3-14H,2,15-18H2,1H3. The van der Waals surface area contributed by atoms with Crippen LogP contribution in [-0.4, -0.2) is 48.6 Å². The number of carbonyl (C=O) groups is 1. The number of ether oxygens (including phenoxy) is 1.